The van der Waals surface area contributed by atoms with Crippen LogP contribution in [0, 0.1) is 6.92 Å². The Morgan fingerprint density at radius 3 is 3.06 bits per heavy atom. The van der Waals surface area contributed by atoms with Gasteiger partial charge in [0.25, 0.3) is 0 Å². The first kappa shape index (κ1) is 12.0. The molecule has 0 amide bonds. The molecule has 2 aromatic rings. The van der Waals surface area contributed by atoms with Gasteiger partial charge < -0.3 is 21.2 Å². The van der Waals surface area contributed by atoms with E-state index in [9.17, 15) is 0 Å². The summed E-state index contributed by atoms with van der Waals surface area (Å²) >= 11 is 0. The Kier molecular flexibility index (Phi) is 3.73. The molecule has 5 heteroatoms. The van der Waals surface area contributed by atoms with Crippen LogP contribution in [-0.4, -0.2) is 24.1 Å². The van der Waals surface area contributed by atoms with Crippen LogP contribution in [0.1, 0.15) is 11.5 Å². The molecule has 17 heavy (non-hydrogen) atoms. The Hall–Kier alpha value is -1.43. The fourth-order valence-electron chi connectivity index (χ4n) is 1.68. The first-order chi connectivity index (χ1) is 8.19. The van der Waals surface area contributed by atoms with Gasteiger partial charge in [0, 0.05) is 32.6 Å². The zero-order valence-corrected chi connectivity index (χ0v) is 9.94. The van der Waals surface area contributed by atoms with Crippen molar-refractivity contribution in [2.45, 2.75) is 19.5 Å². The lowest BCUT2D eigenvalue weighted by Gasteiger charge is -2.09. The van der Waals surface area contributed by atoms with E-state index in [1.165, 1.54) is 0 Å². The van der Waals surface area contributed by atoms with Crippen molar-refractivity contribution in [3.05, 3.63) is 29.7 Å². The van der Waals surface area contributed by atoms with Gasteiger partial charge in [-0.2, -0.15) is 0 Å². The van der Waals surface area contributed by atoms with Crippen LogP contribution in [0.25, 0.3) is 11.1 Å². The fraction of sp³-hybridized carbons (Fsp3) is 0.417. The van der Waals surface area contributed by atoms with Gasteiger partial charge in [0.05, 0.1) is 0 Å². The van der Waals surface area contributed by atoms with Crippen LogP contribution < -0.4 is 16.8 Å². The molecular weight excluding hydrogens is 216 g/mol. The highest BCUT2D eigenvalue weighted by Gasteiger charge is 2.03. The summed E-state index contributed by atoms with van der Waals surface area (Å²) in [4.78, 5) is 4.29. The normalized spacial score (nSPS) is 13.1. The highest BCUT2D eigenvalue weighted by atomic mass is 16.3. The predicted molar refractivity (Wildman–Crippen MR) is 67.5 cm³/mol. The third-order valence-electron chi connectivity index (χ3n) is 2.60. The van der Waals surface area contributed by atoms with Gasteiger partial charge in [0.2, 0.25) is 0 Å². The number of oxazole rings is 1. The average Bonchev–Trinajstić information content (AvgIpc) is 2.68. The SMILES string of the molecule is Cc1nc2cc(CNCC(N)CN)ccc2o1. The molecule has 0 saturated carbocycles. The molecule has 92 valence electrons. The molecule has 0 aliphatic heterocycles. The average molecular weight is 234 g/mol. The van der Waals surface area contributed by atoms with Gasteiger partial charge in [-0.1, -0.05) is 6.07 Å². The third kappa shape index (κ3) is 3.03. The number of aryl methyl sites for hydroxylation is 1. The minimum Gasteiger partial charge on any atom is -0.441 e. The van der Waals surface area contributed by atoms with Crippen molar-refractivity contribution in [1.29, 1.82) is 0 Å². The van der Waals surface area contributed by atoms with E-state index in [0.717, 1.165) is 23.2 Å². The van der Waals surface area contributed by atoms with E-state index in [1.54, 1.807) is 0 Å². The zero-order chi connectivity index (χ0) is 12.3. The van der Waals surface area contributed by atoms with Gasteiger partial charge in [-0.15, -0.1) is 0 Å². The van der Waals surface area contributed by atoms with E-state index in [-0.39, 0.29) is 6.04 Å². The van der Waals surface area contributed by atoms with Gasteiger partial charge >= 0.3 is 0 Å². The summed E-state index contributed by atoms with van der Waals surface area (Å²) in [5, 5.41) is 3.26. The lowest BCUT2D eigenvalue weighted by molar-refractivity contribution is 0.561. The molecule has 1 heterocycles. The second-order valence-corrected chi connectivity index (χ2v) is 4.16. The van der Waals surface area contributed by atoms with Gasteiger partial charge in [0.15, 0.2) is 11.5 Å². The second-order valence-electron chi connectivity index (χ2n) is 4.16. The lowest BCUT2D eigenvalue weighted by Crippen LogP contribution is -2.39. The molecule has 0 aliphatic carbocycles. The van der Waals surface area contributed by atoms with E-state index in [0.29, 0.717) is 19.0 Å². The Bertz CT molecular complexity index is 494. The smallest absolute Gasteiger partial charge is 0.192 e. The van der Waals surface area contributed by atoms with Crippen molar-refractivity contribution < 1.29 is 4.42 Å². The van der Waals surface area contributed by atoms with Crippen molar-refractivity contribution in [1.82, 2.24) is 10.3 Å². The number of rotatable bonds is 5. The van der Waals surface area contributed by atoms with Crippen LogP contribution in [0.3, 0.4) is 0 Å². The largest absolute Gasteiger partial charge is 0.441 e. The van der Waals surface area contributed by atoms with Gasteiger partial charge in [-0.05, 0) is 17.7 Å². The van der Waals surface area contributed by atoms with Crippen LogP contribution in [0.5, 0.6) is 0 Å². The monoisotopic (exact) mass is 234 g/mol. The van der Waals surface area contributed by atoms with Gasteiger partial charge in [-0.3, -0.25) is 0 Å². The molecule has 5 N–H and O–H groups in total. The fourth-order valence-corrected chi connectivity index (χ4v) is 1.68. The zero-order valence-electron chi connectivity index (χ0n) is 9.94. The number of aromatic nitrogens is 1. The molecule has 0 radical (unpaired) electrons. The molecule has 0 bridgehead atoms. The minimum absolute atomic E-state index is 0.00743. The number of hydrogen-bond donors (Lipinski definition) is 3. The summed E-state index contributed by atoms with van der Waals surface area (Å²) in [7, 11) is 0. The van der Waals surface area contributed by atoms with E-state index in [2.05, 4.69) is 10.3 Å². The number of nitrogens with two attached hydrogens (primary N) is 2. The van der Waals surface area contributed by atoms with Crippen LogP contribution in [-0.2, 0) is 6.54 Å². The summed E-state index contributed by atoms with van der Waals surface area (Å²) in [6.45, 7) is 3.81. The first-order valence-corrected chi connectivity index (χ1v) is 5.71. The molecule has 5 nitrogen and oxygen atoms in total. The number of nitrogens with zero attached hydrogens (tertiary/aromatic N) is 1. The highest BCUT2D eigenvalue weighted by Crippen LogP contribution is 2.16. The molecular formula is C12H18N4O. The first-order valence-electron chi connectivity index (χ1n) is 5.71. The van der Waals surface area contributed by atoms with Crippen LogP contribution in [0.4, 0.5) is 0 Å². The molecule has 0 aliphatic rings. The summed E-state index contributed by atoms with van der Waals surface area (Å²) in [6.07, 6.45) is 0. The van der Waals surface area contributed by atoms with E-state index >= 15 is 0 Å². The van der Waals surface area contributed by atoms with Gasteiger partial charge in [-0.25, -0.2) is 4.98 Å². The molecule has 2 rings (SSSR count). The molecule has 0 saturated heterocycles. The topological polar surface area (TPSA) is 90.1 Å². The number of nitrogens with one attached hydrogen (secondary N) is 1. The van der Waals surface area contributed by atoms with Crippen molar-refractivity contribution in [3.63, 3.8) is 0 Å². The summed E-state index contributed by atoms with van der Waals surface area (Å²) in [5.74, 6) is 0.690. The molecule has 1 unspecified atom stereocenters. The molecule has 1 aromatic heterocycles. The third-order valence-corrected chi connectivity index (χ3v) is 2.60. The molecule has 1 aromatic carbocycles. The Balaban J connectivity index is 1.99. The number of hydrogen-bond acceptors (Lipinski definition) is 5. The van der Waals surface area contributed by atoms with Crippen molar-refractivity contribution >= 4 is 11.1 Å². The summed E-state index contributed by atoms with van der Waals surface area (Å²) < 4.78 is 5.41. The Labute approximate surface area is 100 Å². The maximum Gasteiger partial charge on any atom is 0.192 e. The predicted octanol–water partition coefficient (Wildman–Crippen LogP) is 0.512. The Morgan fingerprint density at radius 1 is 1.47 bits per heavy atom. The van der Waals surface area contributed by atoms with E-state index < -0.39 is 0 Å². The van der Waals surface area contributed by atoms with Crippen molar-refractivity contribution in [3.8, 4) is 0 Å². The second kappa shape index (κ2) is 5.27. The standard InChI is InChI=1S/C12H18N4O/c1-8-16-11-4-9(2-3-12(11)17-8)6-15-7-10(14)5-13/h2-4,10,15H,5-7,13-14H2,1H3. The maximum atomic E-state index is 5.72. The van der Waals surface area contributed by atoms with E-state index in [4.69, 9.17) is 15.9 Å². The lowest BCUT2D eigenvalue weighted by atomic mass is 10.2. The van der Waals surface area contributed by atoms with Crippen molar-refractivity contribution in [2.75, 3.05) is 13.1 Å². The maximum absolute atomic E-state index is 5.72. The Morgan fingerprint density at radius 2 is 2.29 bits per heavy atom. The summed E-state index contributed by atoms with van der Waals surface area (Å²) in [6, 6.07) is 5.99. The highest BCUT2D eigenvalue weighted by molar-refractivity contribution is 5.73. The van der Waals surface area contributed by atoms with Gasteiger partial charge in [0.1, 0.15) is 5.52 Å². The van der Waals surface area contributed by atoms with Crippen LogP contribution in [0.2, 0.25) is 0 Å². The van der Waals surface area contributed by atoms with Crippen LogP contribution >= 0.6 is 0 Å². The quantitative estimate of drug-likeness (QED) is 0.701. The van der Waals surface area contributed by atoms with E-state index in [1.807, 2.05) is 25.1 Å². The number of benzene rings is 1. The molecule has 0 spiro atoms. The minimum atomic E-state index is 0.00743. The molecule has 0 fully saturated rings. The number of fused-ring (bicyclic) bond motifs is 1. The summed E-state index contributed by atoms with van der Waals surface area (Å²) in [5.41, 5.74) is 14.0. The van der Waals surface area contributed by atoms with Crippen LogP contribution in [0.15, 0.2) is 22.6 Å². The molecule has 1 atom stereocenters. The van der Waals surface area contributed by atoms with Crippen molar-refractivity contribution in [2.24, 2.45) is 11.5 Å².